The predicted octanol–water partition coefficient (Wildman–Crippen LogP) is 8.09. The van der Waals surface area contributed by atoms with E-state index in [4.69, 9.17) is 11.6 Å². The van der Waals surface area contributed by atoms with Crippen LogP contribution < -0.4 is 0 Å². The first-order valence-electron chi connectivity index (χ1n) is 12.7. The minimum absolute atomic E-state index is 0.219. The van der Waals surface area contributed by atoms with E-state index in [1.165, 1.54) is 95.6 Å². The Morgan fingerprint density at radius 2 is 1.52 bits per heavy atom. The minimum Gasteiger partial charge on any atom is -0.155 e. The van der Waals surface area contributed by atoms with Crippen molar-refractivity contribution < 1.29 is 0 Å². The van der Waals surface area contributed by atoms with Crippen LogP contribution in [-0.2, 0) is 6.42 Å². The molecule has 2 nitrogen and oxygen atoms in total. The summed E-state index contributed by atoms with van der Waals surface area (Å²) < 4.78 is 0. The summed E-state index contributed by atoms with van der Waals surface area (Å²) in [4.78, 5) is 0. The van der Waals surface area contributed by atoms with E-state index in [9.17, 15) is 0 Å². The Hall–Kier alpha value is -0.630. The molecule has 2 fully saturated rings. The molecule has 0 saturated heterocycles. The van der Waals surface area contributed by atoms with Gasteiger partial charge in [0.1, 0.15) is 0 Å². The van der Waals surface area contributed by atoms with Crippen LogP contribution in [-0.4, -0.2) is 15.6 Å². The van der Waals surface area contributed by atoms with E-state index in [2.05, 4.69) is 36.2 Å². The molecule has 1 unspecified atom stereocenters. The molecule has 0 spiro atoms. The van der Waals surface area contributed by atoms with E-state index in [0.717, 1.165) is 24.0 Å². The van der Waals surface area contributed by atoms with E-state index >= 15 is 0 Å². The molecule has 1 atom stereocenters. The molecule has 164 valence electrons. The van der Waals surface area contributed by atoms with Gasteiger partial charge in [0.05, 0.1) is 11.4 Å². The molecule has 0 bridgehead atoms. The van der Waals surface area contributed by atoms with Crippen LogP contribution in [0.25, 0.3) is 0 Å². The fourth-order valence-corrected chi connectivity index (χ4v) is 6.15. The Balaban J connectivity index is 1.41. The maximum atomic E-state index is 6.81. The number of alkyl halides is 1. The minimum atomic E-state index is 0.219. The molecule has 29 heavy (non-hydrogen) atoms. The molecule has 2 aliphatic rings. The largest absolute Gasteiger partial charge is 0.155 e. The monoisotopic (exact) mass is 418 g/mol. The molecule has 0 aromatic carbocycles. The van der Waals surface area contributed by atoms with Crippen LogP contribution in [0.5, 0.6) is 0 Å². The topological polar surface area (TPSA) is 25.8 Å². The van der Waals surface area contributed by atoms with Crippen molar-refractivity contribution in [1.82, 2.24) is 10.2 Å². The fraction of sp³-hybridized carbons (Fsp3) is 0.846. The number of hydrogen-bond acceptors (Lipinski definition) is 2. The van der Waals surface area contributed by atoms with Gasteiger partial charge in [-0.25, -0.2) is 0 Å². The third-order valence-electron chi connectivity index (χ3n) is 7.73. The molecule has 0 radical (unpaired) electrons. The van der Waals surface area contributed by atoms with Crippen molar-refractivity contribution in [2.45, 2.75) is 121 Å². The van der Waals surface area contributed by atoms with Crippen molar-refractivity contribution >= 4 is 11.6 Å². The van der Waals surface area contributed by atoms with Gasteiger partial charge in [0.15, 0.2) is 0 Å². The number of rotatable bonds is 10. The van der Waals surface area contributed by atoms with Gasteiger partial charge >= 0.3 is 0 Å². The van der Waals surface area contributed by atoms with Crippen molar-refractivity contribution in [3.63, 3.8) is 0 Å². The van der Waals surface area contributed by atoms with Crippen molar-refractivity contribution in [2.75, 3.05) is 0 Å². The molecule has 3 heteroatoms. The average molecular weight is 419 g/mol. The van der Waals surface area contributed by atoms with Crippen molar-refractivity contribution in [3.05, 3.63) is 23.5 Å². The van der Waals surface area contributed by atoms with Gasteiger partial charge in [-0.05, 0) is 68.4 Å². The molecule has 0 aliphatic heterocycles. The summed E-state index contributed by atoms with van der Waals surface area (Å²) in [5.41, 5.74) is 2.30. The second-order valence-corrected chi connectivity index (χ2v) is 10.5. The summed E-state index contributed by atoms with van der Waals surface area (Å²) in [6, 6.07) is 4.44. The Morgan fingerprint density at radius 3 is 2.14 bits per heavy atom. The van der Waals surface area contributed by atoms with Crippen LogP contribution in [0.2, 0.25) is 0 Å². The number of hydrogen-bond donors (Lipinski definition) is 0. The van der Waals surface area contributed by atoms with Crippen LogP contribution in [0.15, 0.2) is 12.1 Å². The molecule has 1 aromatic rings. The molecule has 3 rings (SSSR count). The molecule has 1 aromatic heterocycles. The fourth-order valence-electron chi connectivity index (χ4n) is 5.74. The second kappa shape index (κ2) is 12.3. The Morgan fingerprint density at radius 1 is 0.828 bits per heavy atom. The van der Waals surface area contributed by atoms with Crippen LogP contribution in [0.1, 0.15) is 121 Å². The van der Waals surface area contributed by atoms with Gasteiger partial charge in [-0.2, -0.15) is 10.2 Å². The van der Waals surface area contributed by atoms with Crippen LogP contribution in [0, 0.1) is 17.8 Å². The lowest BCUT2D eigenvalue weighted by Gasteiger charge is -2.31. The molecule has 0 N–H and O–H groups in total. The number of nitrogens with zero attached hydrogens (tertiary/aromatic N) is 2. The smallest absolute Gasteiger partial charge is 0.0662 e. The van der Waals surface area contributed by atoms with E-state index in [1.54, 1.807) is 0 Å². The van der Waals surface area contributed by atoms with Gasteiger partial charge in [0, 0.05) is 17.7 Å². The summed E-state index contributed by atoms with van der Waals surface area (Å²) in [7, 11) is 0. The lowest BCUT2D eigenvalue weighted by Crippen LogP contribution is -2.24. The summed E-state index contributed by atoms with van der Waals surface area (Å²) in [6.45, 7) is 4.60. The van der Waals surface area contributed by atoms with Crippen LogP contribution in [0.3, 0.4) is 0 Å². The second-order valence-electron chi connectivity index (χ2n) is 9.95. The zero-order chi connectivity index (χ0) is 20.5. The van der Waals surface area contributed by atoms with Gasteiger partial charge in [-0.1, -0.05) is 65.2 Å². The Kier molecular flexibility index (Phi) is 9.76. The predicted molar refractivity (Wildman–Crippen MR) is 125 cm³/mol. The highest BCUT2D eigenvalue weighted by Gasteiger charge is 2.27. The van der Waals surface area contributed by atoms with Gasteiger partial charge in [-0.15, -0.1) is 11.6 Å². The van der Waals surface area contributed by atoms with E-state index in [-0.39, 0.29) is 5.38 Å². The van der Waals surface area contributed by atoms with E-state index in [1.807, 2.05) is 0 Å². The first-order chi connectivity index (χ1) is 14.2. The molecule has 2 aliphatic carbocycles. The van der Waals surface area contributed by atoms with E-state index in [0.29, 0.717) is 11.8 Å². The quantitative estimate of drug-likeness (QED) is 0.283. The highest BCUT2D eigenvalue weighted by Crippen LogP contribution is 2.38. The Bertz CT molecular complexity index is 557. The maximum absolute atomic E-state index is 6.81. The third-order valence-corrected chi connectivity index (χ3v) is 8.24. The number of unbranched alkanes of at least 4 members (excludes halogenated alkanes) is 2. The number of halogens is 1. The third kappa shape index (κ3) is 7.23. The first-order valence-corrected chi connectivity index (χ1v) is 13.1. The molecular weight excluding hydrogens is 376 g/mol. The zero-order valence-electron chi connectivity index (χ0n) is 18.9. The first kappa shape index (κ1) is 23.0. The summed E-state index contributed by atoms with van der Waals surface area (Å²) in [6.07, 6.45) is 19.9. The van der Waals surface area contributed by atoms with Gasteiger partial charge < -0.3 is 0 Å². The van der Waals surface area contributed by atoms with Crippen LogP contribution in [0.4, 0.5) is 0 Å². The van der Waals surface area contributed by atoms with Crippen molar-refractivity contribution in [1.29, 1.82) is 0 Å². The standard InChI is InChI=1S/C26H43ClN2/c1-3-5-6-8-21-11-15-23(16-12-21)26-18-17-24(28-29-26)19-25(27)22-13-9-20(7-4-2)10-14-22/h17-18,20-23,25H,3-16,19H2,1-2H3. The SMILES string of the molecule is CCCCCC1CCC(c2ccc(CC(Cl)C3CCC(CCC)CC3)nn2)CC1. The molecular formula is C26H43ClN2. The Labute approximate surface area is 184 Å². The van der Waals surface area contributed by atoms with E-state index < -0.39 is 0 Å². The molecule has 0 amide bonds. The highest BCUT2D eigenvalue weighted by atomic mass is 35.5. The molecule has 1 heterocycles. The lowest BCUT2D eigenvalue weighted by atomic mass is 9.78. The number of aromatic nitrogens is 2. The summed E-state index contributed by atoms with van der Waals surface area (Å²) >= 11 is 6.81. The van der Waals surface area contributed by atoms with Gasteiger partial charge in [0.2, 0.25) is 0 Å². The van der Waals surface area contributed by atoms with Gasteiger partial charge in [0.25, 0.3) is 0 Å². The van der Waals surface area contributed by atoms with Gasteiger partial charge in [-0.3, -0.25) is 0 Å². The summed E-state index contributed by atoms with van der Waals surface area (Å²) in [5, 5.41) is 9.43. The summed E-state index contributed by atoms with van der Waals surface area (Å²) in [5.74, 6) is 3.18. The maximum Gasteiger partial charge on any atom is 0.0662 e. The average Bonchev–Trinajstić information content (AvgIpc) is 2.76. The molecule has 2 saturated carbocycles. The normalized spacial score (nSPS) is 28.9. The highest BCUT2D eigenvalue weighted by molar-refractivity contribution is 6.20. The van der Waals surface area contributed by atoms with Crippen molar-refractivity contribution in [3.8, 4) is 0 Å². The van der Waals surface area contributed by atoms with Crippen molar-refractivity contribution in [2.24, 2.45) is 17.8 Å². The van der Waals surface area contributed by atoms with Crippen LogP contribution >= 0.6 is 11.6 Å². The lowest BCUT2D eigenvalue weighted by molar-refractivity contribution is 0.254. The zero-order valence-corrected chi connectivity index (χ0v) is 19.7.